The number of hydrogen-bond acceptors (Lipinski definition) is 6. The fraction of sp³-hybridized carbons (Fsp3) is 0.379. The van der Waals surface area contributed by atoms with Gasteiger partial charge in [-0.2, -0.15) is 0 Å². The Hall–Kier alpha value is -3.74. The Morgan fingerprint density at radius 2 is 1.83 bits per heavy atom. The first-order valence-corrected chi connectivity index (χ1v) is 12.1. The summed E-state index contributed by atoms with van der Waals surface area (Å²) in [5.74, 6) is -0.640. The standard InChI is InChI=1S/C23H24N2O5.C6H10/c1-13(26)16-4-3-15(27)11-18(16)17-5-6-19(24-20(17)22(29)30-2)21(28)25-23-9-7-14(12-23)8-10-23;1-4-6(3)5-2/h3-6,11,14,27H,7-10,12H2,1-2H3,(H,25,28);4-5H,1H2,2-3H3/b;6-5+. The van der Waals surface area contributed by atoms with Crippen LogP contribution >= 0.6 is 0 Å². The maximum atomic E-state index is 12.9. The third kappa shape index (κ3) is 5.90. The Balaban J connectivity index is 0.000000538. The zero-order valence-electron chi connectivity index (χ0n) is 21.4. The Kier molecular flexibility index (Phi) is 8.45. The number of pyridine rings is 1. The molecule has 2 aromatic rings. The summed E-state index contributed by atoms with van der Waals surface area (Å²) in [5.41, 5.74) is 2.11. The second-order valence-electron chi connectivity index (χ2n) is 9.49. The molecule has 7 heteroatoms. The van der Waals surface area contributed by atoms with Crippen molar-refractivity contribution < 1.29 is 24.2 Å². The number of allylic oxidation sites excluding steroid dienone is 3. The van der Waals surface area contributed by atoms with Crippen LogP contribution in [-0.4, -0.2) is 40.4 Å². The normalized spacial score (nSPS) is 20.2. The number of ether oxygens (including phenoxy) is 1. The summed E-state index contributed by atoms with van der Waals surface area (Å²) in [7, 11) is 1.23. The molecule has 1 aromatic heterocycles. The lowest BCUT2D eigenvalue weighted by molar-refractivity contribution is 0.0594. The van der Waals surface area contributed by atoms with E-state index in [1.807, 2.05) is 26.0 Å². The Bertz CT molecular complexity index is 1210. The van der Waals surface area contributed by atoms with Gasteiger partial charge in [0, 0.05) is 16.7 Å². The Morgan fingerprint density at radius 3 is 2.33 bits per heavy atom. The average molecular weight is 491 g/mol. The zero-order valence-corrected chi connectivity index (χ0v) is 21.4. The maximum Gasteiger partial charge on any atom is 0.357 e. The minimum Gasteiger partial charge on any atom is -0.508 e. The molecule has 1 heterocycles. The molecular formula is C29H34N2O5. The fourth-order valence-electron chi connectivity index (χ4n) is 4.91. The molecule has 2 fully saturated rings. The van der Waals surface area contributed by atoms with Gasteiger partial charge in [0.05, 0.1) is 7.11 Å². The van der Waals surface area contributed by atoms with Crippen molar-refractivity contribution in [2.24, 2.45) is 5.92 Å². The van der Waals surface area contributed by atoms with Crippen molar-refractivity contribution in [1.82, 2.24) is 10.3 Å². The van der Waals surface area contributed by atoms with Crippen LogP contribution in [0.2, 0.25) is 0 Å². The molecule has 2 aliphatic carbocycles. The molecule has 0 aliphatic heterocycles. The minimum atomic E-state index is -0.725. The number of methoxy groups -OCH3 is 1. The van der Waals surface area contributed by atoms with Gasteiger partial charge >= 0.3 is 5.97 Å². The van der Waals surface area contributed by atoms with E-state index < -0.39 is 5.97 Å². The van der Waals surface area contributed by atoms with E-state index in [1.165, 1.54) is 43.9 Å². The molecule has 190 valence electrons. The largest absolute Gasteiger partial charge is 0.508 e. The van der Waals surface area contributed by atoms with Crippen molar-refractivity contribution in [3.05, 3.63) is 71.6 Å². The van der Waals surface area contributed by atoms with E-state index >= 15 is 0 Å². The summed E-state index contributed by atoms with van der Waals surface area (Å²) in [5, 5.41) is 13.1. The Labute approximate surface area is 212 Å². The van der Waals surface area contributed by atoms with E-state index in [-0.39, 0.29) is 34.4 Å². The SMILES string of the molecule is C=C/C(C)=C/C.COC(=O)c1nc(C(=O)NC23CCC(CC2)C3)ccc1-c1cc(O)ccc1C(C)=O. The van der Waals surface area contributed by atoms with Crippen LogP contribution in [0.25, 0.3) is 11.1 Å². The third-order valence-electron chi connectivity index (χ3n) is 7.08. The van der Waals surface area contributed by atoms with Gasteiger partial charge in [0.25, 0.3) is 5.91 Å². The number of carbonyl (C=O) groups is 3. The van der Waals surface area contributed by atoms with E-state index in [4.69, 9.17) is 4.74 Å². The Morgan fingerprint density at radius 1 is 1.14 bits per heavy atom. The lowest BCUT2D eigenvalue weighted by atomic mass is 9.93. The summed E-state index contributed by atoms with van der Waals surface area (Å²) in [6.45, 7) is 8.98. The zero-order chi connectivity index (χ0) is 26.5. The lowest BCUT2D eigenvalue weighted by Crippen LogP contribution is -2.45. The average Bonchev–Trinajstić information content (AvgIpc) is 3.48. The third-order valence-corrected chi connectivity index (χ3v) is 7.08. The first-order chi connectivity index (χ1) is 17.1. The van der Waals surface area contributed by atoms with Gasteiger partial charge in [0.2, 0.25) is 0 Å². The van der Waals surface area contributed by atoms with Crippen LogP contribution in [0.1, 0.15) is 84.2 Å². The molecule has 1 aromatic carbocycles. The van der Waals surface area contributed by atoms with Crippen LogP contribution in [-0.2, 0) is 4.74 Å². The van der Waals surface area contributed by atoms with E-state index in [1.54, 1.807) is 6.07 Å². The van der Waals surface area contributed by atoms with Crippen molar-refractivity contribution >= 4 is 17.7 Å². The van der Waals surface area contributed by atoms with E-state index in [2.05, 4.69) is 16.9 Å². The van der Waals surface area contributed by atoms with Crippen LogP contribution in [0.15, 0.2) is 54.6 Å². The van der Waals surface area contributed by atoms with Crippen LogP contribution in [0.5, 0.6) is 5.75 Å². The topological polar surface area (TPSA) is 106 Å². The number of hydrogen-bond donors (Lipinski definition) is 2. The highest BCUT2D eigenvalue weighted by Crippen LogP contribution is 2.47. The fourth-order valence-corrected chi connectivity index (χ4v) is 4.91. The molecule has 1 amide bonds. The predicted octanol–water partition coefficient (Wildman–Crippen LogP) is 5.64. The van der Waals surface area contributed by atoms with Gasteiger partial charge in [-0.3, -0.25) is 9.59 Å². The van der Waals surface area contributed by atoms with E-state index in [0.717, 1.165) is 32.1 Å². The van der Waals surface area contributed by atoms with Gasteiger partial charge < -0.3 is 15.2 Å². The van der Waals surface area contributed by atoms with E-state index in [9.17, 15) is 19.5 Å². The smallest absolute Gasteiger partial charge is 0.357 e. The molecule has 0 atom stereocenters. The summed E-state index contributed by atoms with van der Waals surface area (Å²) in [6, 6.07) is 7.39. The number of aromatic nitrogens is 1. The molecule has 0 radical (unpaired) electrons. The number of rotatable bonds is 6. The summed E-state index contributed by atoms with van der Waals surface area (Å²) >= 11 is 0. The lowest BCUT2D eigenvalue weighted by Gasteiger charge is -2.27. The second-order valence-corrected chi connectivity index (χ2v) is 9.49. The molecule has 4 rings (SSSR count). The van der Waals surface area contributed by atoms with Crippen LogP contribution in [0.3, 0.4) is 0 Å². The van der Waals surface area contributed by atoms with Crippen molar-refractivity contribution in [2.75, 3.05) is 7.11 Å². The molecule has 7 nitrogen and oxygen atoms in total. The number of amides is 1. The number of phenolic OH excluding ortho intramolecular Hbond substituents is 1. The molecule has 0 unspecified atom stereocenters. The second kappa shape index (κ2) is 11.3. The summed E-state index contributed by atoms with van der Waals surface area (Å²) in [4.78, 5) is 41.7. The quantitative estimate of drug-likeness (QED) is 0.308. The predicted molar refractivity (Wildman–Crippen MR) is 139 cm³/mol. The summed E-state index contributed by atoms with van der Waals surface area (Å²) in [6.07, 6.45) is 9.04. The number of fused-ring (bicyclic) bond motifs is 2. The van der Waals surface area contributed by atoms with Crippen molar-refractivity contribution in [3.8, 4) is 16.9 Å². The molecule has 2 N–H and O–H groups in total. The molecule has 0 spiro atoms. The van der Waals surface area contributed by atoms with Crippen molar-refractivity contribution in [2.45, 2.75) is 58.4 Å². The number of Topliss-reactive ketones (excluding diaryl/α,β-unsaturated/α-hetero) is 1. The number of ketones is 1. The maximum absolute atomic E-state index is 12.9. The highest BCUT2D eigenvalue weighted by Gasteiger charge is 2.45. The van der Waals surface area contributed by atoms with Crippen LogP contribution < -0.4 is 5.32 Å². The van der Waals surface area contributed by atoms with Crippen LogP contribution in [0.4, 0.5) is 0 Å². The highest BCUT2D eigenvalue weighted by atomic mass is 16.5. The molecule has 36 heavy (non-hydrogen) atoms. The highest BCUT2D eigenvalue weighted by molar-refractivity contribution is 6.05. The van der Waals surface area contributed by atoms with Gasteiger partial charge in [-0.25, -0.2) is 9.78 Å². The van der Waals surface area contributed by atoms with Crippen molar-refractivity contribution in [1.29, 1.82) is 0 Å². The summed E-state index contributed by atoms with van der Waals surface area (Å²) < 4.78 is 4.86. The number of carbonyl (C=O) groups excluding carboxylic acids is 3. The van der Waals surface area contributed by atoms with Gasteiger partial charge in [-0.15, -0.1) is 0 Å². The van der Waals surface area contributed by atoms with Gasteiger partial charge in [0.15, 0.2) is 11.5 Å². The van der Waals surface area contributed by atoms with Gasteiger partial charge in [0.1, 0.15) is 11.4 Å². The van der Waals surface area contributed by atoms with Gasteiger partial charge in [-0.1, -0.05) is 24.3 Å². The number of aromatic hydroxyl groups is 1. The number of nitrogens with zero attached hydrogens (tertiary/aromatic N) is 1. The number of phenols is 1. The van der Waals surface area contributed by atoms with E-state index in [0.29, 0.717) is 22.6 Å². The first-order valence-electron chi connectivity index (χ1n) is 12.1. The molecule has 2 saturated carbocycles. The number of esters is 1. The minimum absolute atomic E-state index is 0.0521. The molecule has 0 saturated heterocycles. The molecule has 2 aliphatic rings. The molecular weight excluding hydrogens is 456 g/mol. The van der Waals surface area contributed by atoms with Crippen molar-refractivity contribution in [3.63, 3.8) is 0 Å². The molecule has 2 bridgehead atoms. The number of benzene rings is 1. The number of nitrogens with one attached hydrogen (secondary N) is 1. The van der Waals surface area contributed by atoms with Crippen LogP contribution in [0, 0.1) is 5.92 Å². The van der Waals surface area contributed by atoms with Gasteiger partial charge in [-0.05, 0) is 94.7 Å². The first kappa shape index (κ1) is 26.9. The monoisotopic (exact) mass is 490 g/mol.